The largest absolute Gasteiger partial charge is 0.357 e. The number of halogens is 1. The minimum atomic E-state index is 0. The summed E-state index contributed by atoms with van der Waals surface area (Å²) in [6, 6.07) is 0. The van der Waals surface area contributed by atoms with Crippen LogP contribution in [0.4, 0.5) is 0 Å². The van der Waals surface area contributed by atoms with E-state index in [1.807, 2.05) is 0 Å². The van der Waals surface area contributed by atoms with Gasteiger partial charge >= 0.3 is 0 Å². The van der Waals surface area contributed by atoms with Crippen molar-refractivity contribution in [3.05, 3.63) is 0 Å². The average molecular weight is 406 g/mol. The van der Waals surface area contributed by atoms with Gasteiger partial charge < -0.3 is 15.5 Å². The van der Waals surface area contributed by atoms with Crippen LogP contribution < -0.4 is 10.6 Å². The fraction of sp³-hybridized carbons (Fsp3) is 0.812. The first-order valence-electron chi connectivity index (χ1n) is 7.94. The molecule has 0 aromatic carbocycles. The summed E-state index contributed by atoms with van der Waals surface area (Å²) < 4.78 is 0. The molecule has 1 heterocycles. The fourth-order valence-corrected chi connectivity index (χ4v) is 2.60. The molecule has 1 aliphatic heterocycles. The Labute approximate surface area is 147 Å². The molecule has 4 nitrogen and oxygen atoms in total. The number of likely N-dealkylation sites (tertiary alicyclic amines) is 1. The molecule has 0 spiro atoms. The van der Waals surface area contributed by atoms with Crippen LogP contribution in [-0.2, 0) is 0 Å². The Morgan fingerprint density at radius 2 is 2.19 bits per heavy atom. The van der Waals surface area contributed by atoms with E-state index in [9.17, 15) is 0 Å². The summed E-state index contributed by atoms with van der Waals surface area (Å²) in [5.41, 5.74) is 0. The maximum absolute atomic E-state index is 5.24. The molecule has 0 radical (unpaired) electrons. The van der Waals surface area contributed by atoms with Crippen molar-refractivity contribution >= 4 is 29.9 Å². The van der Waals surface area contributed by atoms with E-state index in [2.05, 4.69) is 40.3 Å². The molecule has 1 unspecified atom stereocenters. The third-order valence-electron chi connectivity index (χ3n) is 3.60. The number of terminal acetylenes is 1. The van der Waals surface area contributed by atoms with Crippen molar-refractivity contribution in [3.63, 3.8) is 0 Å². The molecule has 1 rings (SSSR count). The summed E-state index contributed by atoms with van der Waals surface area (Å²) in [7, 11) is 0. The van der Waals surface area contributed by atoms with E-state index in [1.165, 1.54) is 38.9 Å². The number of guanidine groups is 1. The predicted octanol–water partition coefficient (Wildman–Crippen LogP) is 2.30. The molecule has 1 saturated heterocycles. The van der Waals surface area contributed by atoms with Crippen LogP contribution in [0.15, 0.2) is 4.99 Å². The van der Waals surface area contributed by atoms with E-state index in [0.29, 0.717) is 6.54 Å². The maximum atomic E-state index is 5.24. The van der Waals surface area contributed by atoms with Crippen molar-refractivity contribution in [1.29, 1.82) is 0 Å². The Bertz CT molecular complexity index is 325. The molecule has 21 heavy (non-hydrogen) atoms. The monoisotopic (exact) mass is 406 g/mol. The SMILES string of the molecule is C#CCNC(=NCCCCN1CCCC(C)C1)NCC.I. The van der Waals surface area contributed by atoms with Crippen LogP contribution in [0, 0.1) is 18.3 Å². The molecule has 0 aromatic rings. The quantitative estimate of drug-likeness (QED) is 0.224. The van der Waals surface area contributed by atoms with Crippen molar-refractivity contribution in [1.82, 2.24) is 15.5 Å². The van der Waals surface area contributed by atoms with Gasteiger partial charge in [-0.05, 0) is 51.6 Å². The highest BCUT2D eigenvalue weighted by Crippen LogP contribution is 2.15. The van der Waals surface area contributed by atoms with Gasteiger partial charge in [0.15, 0.2) is 5.96 Å². The van der Waals surface area contributed by atoms with Crippen LogP contribution in [0.2, 0.25) is 0 Å². The predicted molar refractivity (Wildman–Crippen MR) is 102 cm³/mol. The standard InChI is InChI=1S/C16H30N4.HI/c1-4-10-18-16(17-5-2)19-11-6-7-12-20-13-8-9-15(3)14-20;/h1,15H,5-14H2,2-3H3,(H2,17,18,19);1H. The number of hydrogen-bond acceptors (Lipinski definition) is 2. The first kappa shape index (κ1) is 20.5. The van der Waals surface area contributed by atoms with Gasteiger partial charge in [0.2, 0.25) is 0 Å². The van der Waals surface area contributed by atoms with Crippen LogP contribution in [0.3, 0.4) is 0 Å². The van der Waals surface area contributed by atoms with Crippen LogP contribution >= 0.6 is 24.0 Å². The first-order chi connectivity index (χ1) is 9.76. The Balaban J connectivity index is 0.00000400. The highest BCUT2D eigenvalue weighted by atomic mass is 127. The molecule has 122 valence electrons. The van der Waals surface area contributed by atoms with E-state index < -0.39 is 0 Å². The van der Waals surface area contributed by atoms with E-state index >= 15 is 0 Å². The molecule has 0 aromatic heterocycles. The minimum Gasteiger partial charge on any atom is -0.357 e. The molecule has 0 amide bonds. The number of nitrogens with zero attached hydrogens (tertiary/aromatic N) is 2. The van der Waals surface area contributed by atoms with Crippen molar-refractivity contribution in [2.75, 3.05) is 39.3 Å². The lowest BCUT2D eigenvalue weighted by molar-refractivity contribution is 0.181. The van der Waals surface area contributed by atoms with Gasteiger partial charge in [0.25, 0.3) is 0 Å². The van der Waals surface area contributed by atoms with E-state index in [4.69, 9.17) is 6.42 Å². The third kappa shape index (κ3) is 9.97. The lowest BCUT2D eigenvalue weighted by Gasteiger charge is -2.30. The van der Waals surface area contributed by atoms with Crippen molar-refractivity contribution in [2.45, 2.75) is 39.5 Å². The molecule has 0 bridgehead atoms. The van der Waals surface area contributed by atoms with Crippen molar-refractivity contribution in [2.24, 2.45) is 10.9 Å². The number of piperidine rings is 1. The smallest absolute Gasteiger partial charge is 0.192 e. The van der Waals surface area contributed by atoms with Crippen molar-refractivity contribution < 1.29 is 0 Å². The first-order valence-corrected chi connectivity index (χ1v) is 7.94. The van der Waals surface area contributed by atoms with E-state index in [-0.39, 0.29) is 24.0 Å². The van der Waals surface area contributed by atoms with Gasteiger partial charge in [0.1, 0.15) is 0 Å². The highest BCUT2D eigenvalue weighted by molar-refractivity contribution is 14.0. The summed E-state index contributed by atoms with van der Waals surface area (Å²) in [5, 5.41) is 6.31. The summed E-state index contributed by atoms with van der Waals surface area (Å²) in [5.74, 6) is 4.27. The Hall–Kier alpha value is -0.480. The minimum absolute atomic E-state index is 0. The second-order valence-corrected chi connectivity index (χ2v) is 5.57. The van der Waals surface area contributed by atoms with Crippen LogP contribution in [0.5, 0.6) is 0 Å². The summed E-state index contributed by atoms with van der Waals surface area (Å²) in [6.45, 7) is 10.4. The number of rotatable bonds is 7. The topological polar surface area (TPSA) is 39.7 Å². The Morgan fingerprint density at radius 1 is 1.38 bits per heavy atom. The lowest BCUT2D eigenvalue weighted by atomic mass is 10.0. The van der Waals surface area contributed by atoms with Crippen molar-refractivity contribution in [3.8, 4) is 12.3 Å². The van der Waals surface area contributed by atoms with Gasteiger partial charge in [-0.15, -0.1) is 30.4 Å². The Morgan fingerprint density at radius 3 is 2.86 bits per heavy atom. The fourth-order valence-electron chi connectivity index (χ4n) is 2.60. The number of unbranched alkanes of at least 4 members (excludes halogenated alkanes) is 1. The molecular formula is C16H31IN4. The highest BCUT2D eigenvalue weighted by Gasteiger charge is 2.15. The molecule has 0 aliphatic carbocycles. The zero-order valence-corrected chi connectivity index (χ0v) is 15.9. The van der Waals surface area contributed by atoms with Gasteiger partial charge in [-0.25, -0.2) is 0 Å². The molecule has 1 fully saturated rings. The molecule has 2 N–H and O–H groups in total. The third-order valence-corrected chi connectivity index (χ3v) is 3.60. The Kier molecular flexibility index (Phi) is 12.9. The van der Waals surface area contributed by atoms with Crippen LogP contribution in [-0.4, -0.2) is 50.1 Å². The van der Waals surface area contributed by atoms with Gasteiger partial charge in [0, 0.05) is 19.6 Å². The number of nitrogens with one attached hydrogen (secondary N) is 2. The van der Waals surface area contributed by atoms with E-state index in [0.717, 1.165) is 31.4 Å². The normalized spacial score (nSPS) is 19.5. The average Bonchev–Trinajstić information content (AvgIpc) is 2.44. The molecule has 0 saturated carbocycles. The number of hydrogen-bond donors (Lipinski definition) is 2. The lowest BCUT2D eigenvalue weighted by Crippen LogP contribution is -2.37. The second kappa shape index (κ2) is 13.2. The van der Waals surface area contributed by atoms with Crippen LogP contribution in [0.25, 0.3) is 0 Å². The summed E-state index contributed by atoms with van der Waals surface area (Å²) in [6.07, 6.45) is 10.4. The van der Waals surface area contributed by atoms with E-state index in [1.54, 1.807) is 0 Å². The summed E-state index contributed by atoms with van der Waals surface area (Å²) in [4.78, 5) is 7.13. The summed E-state index contributed by atoms with van der Waals surface area (Å²) >= 11 is 0. The van der Waals surface area contributed by atoms with Crippen LogP contribution in [0.1, 0.15) is 39.5 Å². The zero-order valence-electron chi connectivity index (χ0n) is 13.5. The second-order valence-electron chi connectivity index (χ2n) is 5.57. The molecular weight excluding hydrogens is 375 g/mol. The maximum Gasteiger partial charge on any atom is 0.192 e. The van der Waals surface area contributed by atoms with Gasteiger partial charge in [-0.2, -0.15) is 0 Å². The number of aliphatic imine (C=N–C) groups is 1. The molecule has 1 aliphatic rings. The van der Waals surface area contributed by atoms with Gasteiger partial charge in [-0.1, -0.05) is 12.8 Å². The zero-order chi connectivity index (χ0) is 14.6. The van der Waals surface area contributed by atoms with Gasteiger partial charge in [-0.3, -0.25) is 4.99 Å². The molecule has 5 heteroatoms. The van der Waals surface area contributed by atoms with Gasteiger partial charge in [0.05, 0.1) is 6.54 Å². The molecule has 1 atom stereocenters.